The molecule has 1 aromatic carbocycles. The molecule has 4 N–H and O–H groups in total. The Balaban J connectivity index is 3.17. The number of alkyl halides is 3. The van der Waals surface area contributed by atoms with Gasteiger partial charge in [-0.05, 0) is 25.1 Å². The lowest BCUT2D eigenvalue weighted by Crippen LogP contribution is -2.35. The number of rotatable bonds is 4. The van der Waals surface area contributed by atoms with E-state index >= 15 is 0 Å². The summed E-state index contributed by atoms with van der Waals surface area (Å²) < 4.78 is 37.2. The lowest BCUT2D eigenvalue weighted by atomic mass is 10.1. The number of nitrogens with two attached hydrogens (primary N) is 2. The number of nitrogen functional groups attached to an aromatic ring is 1. The van der Waals surface area contributed by atoms with Crippen LogP contribution in [-0.2, 0) is 0 Å². The minimum Gasteiger partial charge on any atom is -0.399 e. The number of anilines is 2. The summed E-state index contributed by atoms with van der Waals surface area (Å²) in [4.78, 5) is 12.2. The molecule has 0 heterocycles. The minimum absolute atomic E-state index is 0.0129. The second kappa shape index (κ2) is 5.16. The molecule has 1 amide bonds. The number of halogens is 3. The monoisotopic (exact) mass is 261 g/mol. The number of carbonyl (C=O) groups is 1. The molecule has 0 atom stereocenters. The molecule has 1 aromatic rings. The molecule has 0 bridgehead atoms. The summed E-state index contributed by atoms with van der Waals surface area (Å²) in [5.41, 5.74) is 11.0. The molecule has 0 saturated carbocycles. The van der Waals surface area contributed by atoms with Crippen LogP contribution < -0.4 is 16.4 Å². The van der Waals surface area contributed by atoms with E-state index in [2.05, 4.69) is 0 Å². The standard InChI is InChI=1S/C11H14F3N3O/c1-2-17(6-11(12,13)14)9-4-3-7(15)5-8(9)10(16)18/h3-5H,2,6,15H2,1H3,(H2,16,18). The van der Waals surface area contributed by atoms with Crippen molar-refractivity contribution in [2.75, 3.05) is 23.7 Å². The van der Waals surface area contributed by atoms with Crippen molar-refractivity contribution in [2.45, 2.75) is 13.1 Å². The largest absolute Gasteiger partial charge is 0.405 e. The van der Waals surface area contributed by atoms with E-state index in [-0.39, 0.29) is 23.5 Å². The van der Waals surface area contributed by atoms with Crippen LogP contribution in [0.5, 0.6) is 0 Å². The molecule has 0 spiro atoms. The van der Waals surface area contributed by atoms with E-state index < -0.39 is 18.6 Å². The maximum atomic E-state index is 12.4. The van der Waals surface area contributed by atoms with Gasteiger partial charge in [0.25, 0.3) is 5.91 Å². The molecule has 4 nitrogen and oxygen atoms in total. The normalized spacial score (nSPS) is 11.3. The van der Waals surface area contributed by atoms with Gasteiger partial charge in [-0.2, -0.15) is 13.2 Å². The third kappa shape index (κ3) is 3.54. The lowest BCUT2D eigenvalue weighted by molar-refractivity contribution is -0.119. The maximum absolute atomic E-state index is 12.4. The molecule has 0 unspecified atom stereocenters. The van der Waals surface area contributed by atoms with Crippen molar-refractivity contribution in [3.63, 3.8) is 0 Å². The molecule has 1 rings (SSSR count). The van der Waals surface area contributed by atoms with Crippen LogP contribution >= 0.6 is 0 Å². The van der Waals surface area contributed by atoms with Gasteiger partial charge in [-0.1, -0.05) is 0 Å². The van der Waals surface area contributed by atoms with E-state index in [0.29, 0.717) is 0 Å². The van der Waals surface area contributed by atoms with Gasteiger partial charge in [0.1, 0.15) is 6.54 Å². The van der Waals surface area contributed by atoms with Crippen LogP contribution in [0.15, 0.2) is 18.2 Å². The molecule has 0 aliphatic carbocycles. The van der Waals surface area contributed by atoms with Crippen LogP contribution in [0.3, 0.4) is 0 Å². The Bertz CT molecular complexity index is 446. The Labute approximate surface area is 102 Å². The highest BCUT2D eigenvalue weighted by molar-refractivity contribution is 5.99. The van der Waals surface area contributed by atoms with Crippen molar-refractivity contribution in [1.82, 2.24) is 0 Å². The van der Waals surface area contributed by atoms with Gasteiger partial charge in [0.05, 0.1) is 5.56 Å². The Morgan fingerprint density at radius 3 is 2.44 bits per heavy atom. The number of nitrogens with zero attached hydrogens (tertiary/aromatic N) is 1. The van der Waals surface area contributed by atoms with Crippen molar-refractivity contribution in [3.05, 3.63) is 23.8 Å². The molecule has 0 saturated heterocycles. The summed E-state index contributed by atoms with van der Waals surface area (Å²) in [7, 11) is 0. The first kappa shape index (κ1) is 14.1. The summed E-state index contributed by atoms with van der Waals surface area (Å²) >= 11 is 0. The van der Waals surface area contributed by atoms with Crippen molar-refractivity contribution in [2.24, 2.45) is 5.73 Å². The zero-order chi connectivity index (χ0) is 13.9. The maximum Gasteiger partial charge on any atom is 0.405 e. The van der Waals surface area contributed by atoms with E-state index in [1.54, 1.807) is 6.92 Å². The van der Waals surface area contributed by atoms with E-state index in [9.17, 15) is 18.0 Å². The number of primary amides is 1. The van der Waals surface area contributed by atoms with Crippen LogP contribution in [0.1, 0.15) is 17.3 Å². The summed E-state index contributed by atoms with van der Waals surface area (Å²) in [6, 6.07) is 4.07. The third-order valence-electron chi connectivity index (χ3n) is 2.38. The quantitative estimate of drug-likeness (QED) is 0.811. The van der Waals surface area contributed by atoms with Crippen molar-refractivity contribution >= 4 is 17.3 Å². The average molecular weight is 261 g/mol. The van der Waals surface area contributed by atoms with Gasteiger partial charge in [0.15, 0.2) is 0 Å². The lowest BCUT2D eigenvalue weighted by Gasteiger charge is -2.26. The minimum atomic E-state index is -4.35. The van der Waals surface area contributed by atoms with Crippen molar-refractivity contribution < 1.29 is 18.0 Å². The molecule has 0 fully saturated rings. The van der Waals surface area contributed by atoms with Crippen molar-refractivity contribution in [1.29, 1.82) is 0 Å². The highest BCUT2D eigenvalue weighted by Gasteiger charge is 2.31. The number of hydrogen-bond donors (Lipinski definition) is 2. The van der Waals surface area contributed by atoms with Crippen molar-refractivity contribution in [3.8, 4) is 0 Å². The zero-order valence-electron chi connectivity index (χ0n) is 9.79. The predicted octanol–water partition coefficient (Wildman–Crippen LogP) is 1.76. The first-order valence-electron chi connectivity index (χ1n) is 5.25. The summed E-state index contributed by atoms with van der Waals surface area (Å²) in [6.45, 7) is 0.518. The summed E-state index contributed by atoms with van der Waals surface area (Å²) in [5.74, 6) is -0.807. The molecule has 100 valence electrons. The van der Waals surface area contributed by atoms with E-state index in [1.807, 2.05) is 0 Å². The van der Waals surface area contributed by atoms with Crippen LogP contribution in [-0.4, -0.2) is 25.2 Å². The first-order chi connectivity index (χ1) is 8.24. The molecule has 0 aliphatic rings. The van der Waals surface area contributed by atoms with E-state index in [4.69, 9.17) is 11.5 Å². The number of benzene rings is 1. The van der Waals surface area contributed by atoms with Gasteiger partial charge in [-0.15, -0.1) is 0 Å². The third-order valence-corrected chi connectivity index (χ3v) is 2.38. The topological polar surface area (TPSA) is 72.3 Å². The molecule has 0 radical (unpaired) electrons. The fourth-order valence-electron chi connectivity index (χ4n) is 1.61. The number of carbonyl (C=O) groups excluding carboxylic acids is 1. The van der Waals surface area contributed by atoms with E-state index in [1.165, 1.54) is 18.2 Å². The molecule has 0 aliphatic heterocycles. The SMILES string of the molecule is CCN(CC(F)(F)F)c1ccc(N)cc1C(N)=O. The average Bonchev–Trinajstić information content (AvgIpc) is 2.24. The fraction of sp³-hybridized carbons (Fsp3) is 0.364. The molecular formula is C11H14F3N3O. The molecule has 7 heteroatoms. The Kier molecular flexibility index (Phi) is 4.05. The molecule has 18 heavy (non-hydrogen) atoms. The molecular weight excluding hydrogens is 247 g/mol. The zero-order valence-corrected chi connectivity index (χ0v) is 9.79. The Morgan fingerprint density at radius 2 is 2.00 bits per heavy atom. The van der Waals surface area contributed by atoms with Gasteiger partial charge in [0.2, 0.25) is 0 Å². The Hall–Kier alpha value is -1.92. The first-order valence-corrected chi connectivity index (χ1v) is 5.25. The van der Waals surface area contributed by atoms with Gasteiger partial charge < -0.3 is 16.4 Å². The van der Waals surface area contributed by atoms with Gasteiger partial charge in [-0.3, -0.25) is 4.79 Å². The number of amides is 1. The highest BCUT2D eigenvalue weighted by Crippen LogP contribution is 2.26. The fourth-order valence-corrected chi connectivity index (χ4v) is 1.61. The Morgan fingerprint density at radius 1 is 1.39 bits per heavy atom. The van der Waals surface area contributed by atoms with E-state index in [0.717, 1.165) is 4.90 Å². The van der Waals surface area contributed by atoms with Gasteiger partial charge in [-0.25, -0.2) is 0 Å². The summed E-state index contributed by atoms with van der Waals surface area (Å²) in [6.07, 6.45) is -4.35. The number of hydrogen-bond acceptors (Lipinski definition) is 3. The van der Waals surface area contributed by atoms with Crippen LogP contribution in [0.2, 0.25) is 0 Å². The second-order valence-electron chi connectivity index (χ2n) is 3.77. The van der Waals surface area contributed by atoms with Crippen LogP contribution in [0.4, 0.5) is 24.5 Å². The van der Waals surface area contributed by atoms with Crippen LogP contribution in [0.25, 0.3) is 0 Å². The highest BCUT2D eigenvalue weighted by atomic mass is 19.4. The predicted molar refractivity (Wildman–Crippen MR) is 63.3 cm³/mol. The smallest absolute Gasteiger partial charge is 0.399 e. The molecule has 0 aromatic heterocycles. The van der Waals surface area contributed by atoms with Gasteiger partial charge >= 0.3 is 6.18 Å². The summed E-state index contributed by atoms with van der Waals surface area (Å²) in [5, 5.41) is 0. The van der Waals surface area contributed by atoms with Crippen LogP contribution in [0, 0.1) is 0 Å². The van der Waals surface area contributed by atoms with Gasteiger partial charge in [0, 0.05) is 17.9 Å². The second-order valence-corrected chi connectivity index (χ2v) is 3.77.